The van der Waals surface area contributed by atoms with Crippen molar-refractivity contribution in [3.8, 4) is 11.6 Å². The number of benzene rings is 2. The van der Waals surface area contributed by atoms with Crippen molar-refractivity contribution in [2.45, 2.75) is 20.0 Å². The Morgan fingerprint density at radius 3 is 2.52 bits per heavy atom. The molecule has 0 aliphatic carbocycles. The predicted octanol–water partition coefficient (Wildman–Crippen LogP) is 5.10. The molecule has 1 aromatic heterocycles. The number of aliphatic carboxylic acids is 1. The lowest BCUT2D eigenvalue weighted by Crippen LogP contribution is -2.12. The third-order valence-electron chi connectivity index (χ3n) is 4.24. The minimum atomic E-state index is -3.14. The van der Waals surface area contributed by atoms with E-state index in [0.29, 0.717) is 11.1 Å². The number of pyridine rings is 1. The van der Waals surface area contributed by atoms with Gasteiger partial charge in [-0.25, -0.2) is 14.2 Å². The van der Waals surface area contributed by atoms with Crippen LogP contribution in [0.2, 0.25) is 0 Å². The summed E-state index contributed by atoms with van der Waals surface area (Å²) in [4.78, 5) is 14.8. The van der Waals surface area contributed by atoms with Crippen LogP contribution in [0.15, 0.2) is 40.9 Å². The zero-order valence-corrected chi connectivity index (χ0v) is 16.7. The van der Waals surface area contributed by atoms with E-state index >= 15 is 0 Å². The molecule has 0 fully saturated rings. The molecule has 0 bridgehead atoms. The fourth-order valence-corrected chi connectivity index (χ4v) is 3.22. The molecule has 0 radical (unpaired) electrons. The molecule has 29 heavy (non-hydrogen) atoms. The largest absolute Gasteiger partial charge is 0.481 e. The molecule has 0 saturated carbocycles. The van der Waals surface area contributed by atoms with E-state index in [4.69, 9.17) is 9.84 Å². The highest BCUT2D eigenvalue weighted by atomic mass is 79.9. The molecule has 1 heterocycles. The quantitative estimate of drug-likeness (QED) is 0.521. The van der Waals surface area contributed by atoms with Crippen LogP contribution in [0.1, 0.15) is 16.7 Å². The van der Waals surface area contributed by atoms with Crippen molar-refractivity contribution in [1.82, 2.24) is 4.98 Å². The Kier molecular flexibility index (Phi) is 6.26. The van der Waals surface area contributed by atoms with Crippen LogP contribution in [0.25, 0.3) is 10.9 Å². The van der Waals surface area contributed by atoms with Crippen molar-refractivity contribution in [3.63, 3.8) is 0 Å². The monoisotopic (exact) mass is 469 g/mol. The maximum absolute atomic E-state index is 14.4. The van der Waals surface area contributed by atoms with Gasteiger partial charge in [-0.2, -0.15) is 8.78 Å². The standard InChI is InChI=1S/C20H15BrF3NO4/c1-10-13(8-11-2-4-12(21)5-3-11)19(29-20(23)24)25-18-14(22)6-7-15(17(10)18)28-9-16(26)27/h2-7,20H,8-9H2,1H3,(H,26,27). The lowest BCUT2D eigenvalue weighted by Gasteiger charge is -2.17. The first-order chi connectivity index (χ1) is 13.8. The van der Waals surface area contributed by atoms with E-state index in [2.05, 4.69) is 25.7 Å². The number of rotatable bonds is 7. The second kappa shape index (κ2) is 8.69. The highest BCUT2D eigenvalue weighted by molar-refractivity contribution is 9.10. The molecule has 0 unspecified atom stereocenters. The first-order valence-electron chi connectivity index (χ1n) is 8.41. The normalized spacial score (nSPS) is 11.1. The van der Waals surface area contributed by atoms with Crippen LogP contribution in [0.5, 0.6) is 11.6 Å². The van der Waals surface area contributed by atoms with Gasteiger partial charge in [0.15, 0.2) is 6.61 Å². The number of halogens is 4. The molecule has 0 aliphatic heterocycles. The van der Waals surface area contributed by atoms with Gasteiger partial charge in [-0.1, -0.05) is 28.1 Å². The van der Waals surface area contributed by atoms with Crippen molar-refractivity contribution in [2.75, 3.05) is 6.61 Å². The fraction of sp³-hybridized carbons (Fsp3) is 0.200. The second-order valence-electron chi connectivity index (χ2n) is 6.15. The van der Waals surface area contributed by atoms with Gasteiger partial charge in [0.2, 0.25) is 5.88 Å². The number of aryl methyl sites for hydroxylation is 1. The Balaban J connectivity index is 2.20. The number of fused-ring (bicyclic) bond motifs is 1. The molecule has 5 nitrogen and oxygen atoms in total. The summed E-state index contributed by atoms with van der Waals surface area (Å²) in [6, 6.07) is 9.52. The van der Waals surface area contributed by atoms with Gasteiger partial charge < -0.3 is 14.6 Å². The summed E-state index contributed by atoms with van der Waals surface area (Å²) in [5.41, 5.74) is 1.29. The maximum Gasteiger partial charge on any atom is 0.388 e. The third kappa shape index (κ3) is 4.79. The van der Waals surface area contributed by atoms with E-state index in [1.54, 1.807) is 31.2 Å². The number of carboxylic acids is 1. The SMILES string of the molecule is Cc1c(Cc2ccc(Br)cc2)c(OC(F)F)nc2c(F)ccc(OCC(=O)O)c12. The molecule has 0 aliphatic rings. The van der Waals surface area contributed by atoms with Gasteiger partial charge in [0, 0.05) is 21.8 Å². The van der Waals surface area contributed by atoms with Crippen molar-refractivity contribution in [1.29, 1.82) is 0 Å². The van der Waals surface area contributed by atoms with E-state index in [0.717, 1.165) is 16.1 Å². The predicted molar refractivity (Wildman–Crippen MR) is 103 cm³/mol. The summed E-state index contributed by atoms with van der Waals surface area (Å²) in [6.45, 7) is -2.18. The van der Waals surface area contributed by atoms with Crippen molar-refractivity contribution < 1.29 is 32.5 Å². The van der Waals surface area contributed by atoms with Crippen molar-refractivity contribution >= 4 is 32.8 Å². The van der Waals surface area contributed by atoms with Gasteiger partial charge in [-0.15, -0.1) is 0 Å². The molecule has 1 N–H and O–H groups in total. The average Bonchev–Trinajstić information content (AvgIpc) is 2.65. The first kappa shape index (κ1) is 20.9. The van der Waals surface area contributed by atoms with Crippen molar-refractivity contribution in [3.05, 3.63) is 63.4 Å². The molecule has 0 amide bonds. The van der Waals surface area contributed by atoms with Crippen LogP contribution in [0, 0.1) is 12.7 Å². The Morgan fingerprint density at radius 2 is 1.90 bits per heavy atom. The fourth-order valence-electron chi connectivity index (χ4n) is 2.96. The van der Waals surface area contributed by atoms with Gasteiger partial charge in [0.1, 0.15) is 17.1 Å². The summed E-state index contributed by atoms with van der Waals surface area (Å²) in [7, 11) is 0. The van der Waals surface area contributed by atoms with Gasteiger partial charge in [-0.05, 0) is 42.3 Å². The van der Waals surface area contributed by atoms with Gasteiger partial charge in [0.25, 0.3) is 0 Å². The van der Waals surface area contributed by atoms with Gasteiger partial charge >= 0.3 is 12.6 Å². The molecule has 3 rings (SSSR count). The molecular formula is C20H15BrF3NO4. The Bertz CT molecular complexity index is 1060. The number of carbonyl (C=O) groups is 1. The number of hydrogen-bond acceptors (Lipinski definition) is 4. The highest BCUT2D eigenvalue weighted by Crippen LogP contribution is 2.36. The molecule has 152 valence electrons. The minimum Gasteiger partial charge on any atom is -0.481 e. The third-order valence-corrected chi connectivity index (χ3v) is 4.76. The number of ether oxygens (including phenoxy) is 2. The smallest absolute Gasteiger partial charge is 0.388 e. The molecular weight excluding hydrogens is 455 g/mol. The number of hydrogen-bond donors (Lipinski definition) is 1. The van der Waals surface area contributed by atoms with Crippen molar-refractivity contribution in [2.24, 2.45) is 0 Å². The number of aromatic nitrogens is 1. The van der Waals surface area contributed by atoms with Gasteiger partial charge in [0.05, 0.1) is 0 Å². The van der Waals surface area contributed by atoms with E-state index in [1.807, 2.05) is 0 Å². The number of alkyl halides is 2. The topological polar surface area (TPSA) is 68.7 Å². The van der Waals surface area contributed by atoms with E-state index in [9.17, 15) is 18.0 Å². The number of carboxylic acid groups (broad SMARTS) is 1. The molecule has 0 atom stereocenters. The average molecular weight is 470 g/mol. The molecule has 9 heteroatoms. The van der Waals surface area contributed by atoms with E-state index in [1.165, 1.54) is 6.07 Å². The zero-order chi connectivity index (χ0) is 21.1. The molecule has 2 aromatic carbocycles. The molecule has 0 spiro atoms. The lowest BCUT2D eigenvalue weighted by atomic mass is 9.97. The summed E-state index contributed by atoms with van der Waals surface area (Å²) >= 11 is 3.33. The maximum atomic E-state index is 14.4. The van der Waals surface area contributed by atoms with E-state index in [-0.39, 0.29) is 29.0 Å². The molecule has 3 aromatic rings. The van der Waals surface area contributed by atoms with Crippen LogP contribution in [-0.2, 0) is 11.2 Å². The summed E-state index contributed by atoms with van der Waals surface area (Å²) < 4.78 is 51.0. The Labute approximate surface area is 172 Å². The zero-order valence-electron chi connectivity index (χ0n) is 15.1. The molecule has 0 saturated heterocycles. The Hall–Kier alpha value is -2.81. The van der Waals surface area contributed by atoms with E-state index < -0.39 is 25.0 Å². The van der Waals surface area contributed by atoms with Crippen LogP contribution < -0.4 is 9.47 Å². The first-order valence-corrected chi connectivity index (χ1v) is 9.21. The lowest BCUT2D eigenvalue weighted by molar-refractivity contribution is -0.139. The van der Waals surface area contributed by atoms with Crippen LogP contribution in [0.4, 0.5) is 13.2 Å². The van der Waals surface area contributed by atoms with Crippen LogP contribution in [0.3, 0.4) is 0 Å². The summed E-state index contributed by atoms with van der Waals surface area (Å²) in [5.74, 6) is -2.27. The Morgan fingerprint density at radius 1 is 1.21 bits per heavy atom. The highest BCUT2D eigenvalue weighted by Gasteiger charge is 2.21. The summed E-state index contributed by atoms with van der Waals surface area (Å²) in [6.07, 6.45) is 0.193. The number of nitrogens with zero attached hydrogens (tertiary/aromatic N) is 1. The van der Waals surface area contributed by atoms with Crippen LogP contribution >= 0.6 is 15.9 Å². The second-order valence-corrected chi connectivity index (χ2v) is 7.07. The summed E-state index contributed by atoms with van der Waals surface area (Å²) in [5, 5.41) is 9.07. The van der Waals surface area contributed by atoms with Crippen LogP contribution in [-0.4, -0.2) is 29.3 Å². The van der Waals surface area contributed by atoms with Gasteiger partial charge in [-0.3, -0.25) is 0 Å². The minimum absolute atomic E-state index is 0.0921.